The summed E-state index contributed by atoms with van der Waals surface area (Å²) in [6, 6.07) is 10.3. The number of fused-ring (bicyclic) bond motifs is 1. The van der Waals surface area contributed by atoms with Gasteiger partial charge in [-0.05, 0) is 44.3 Å². The van der Waals surface area contributed by atoms with Gasteiger partial charge in [0, 0.05) is 24.2 Å². The highest BCUT2D eigenvalue weighted by molar-refractivity contribution is 5.81. The molecule has 0 aliphatic rings. The summed E-state index contributed by atoms with van der Waals surface area (Å²) in [5.74, 6) is 0. The molecular weight excluding hydrogens is 224 g/mol. The summed E-state index contributed by atoms with van der Waals surface area (Å²) < 4.78 is 1.81. The van der Waals surface area contributed by atoms with Crippen molar-refractivity contribution in [2.75, 3.05) is 7.05 Å². The smallest absolute Gasteiger partial charge is 0.258 e. The van der Waals surface area contributed by atoms with E-state index in [1.165, 1.54) is 0 Å². The van der Waals surface area contributed by atoms with Crippen molar-refractivity contribution < 1.29 is 0 Å². The van der Waals surface area contributed by atoms with Gasteiger partial charge in [0.15, 0.2) is 0 Å². The first-order valence-corrected chi connectivity index (χ1v) is 6.48. The molecule has 2 aromatic rings. The lowest BCUT2D eigenvalue weighted by atomic mass is 10.1. The second-order valence-electron chi connectivity index (χ2n) is 4.73. The van der Waals surface area contributed by atoms with E-state index in [4.69, 9.17) is 0 Å². The molecule has 1 atom stereocenters. The second-order valence-corrected chi connectivity index (χ2v) is 4.73. The Bertz CT molecular complexity index is 574. The number of aromatic nitrogens is 1. The van der Waals surface area contributed by atoms with E-state index in [2.05, 4.69) is 12.2 Å². The molecule has 0 aliphatic heterocycles. The standard InChI is InChI=1S/C15H20N2O/c1-12(16-2)6-5-10-17-11-9-13-7-3-4-8-14(13)15(17)18/h3-4,7-9,11-12,16H,5-6,10H2,1-2H3. The summed E-state index contributed by atoms with van der Waals surface area (Å²) in [5, 5.41) is 5.03. The summed E-state index contributed by atoms with van der Waals surface area (Å²) in [6.45, 7) is 2.94. The summed E-state index contributed by atoms with van der Waals surface area (Å²) in [4.78, 5) is 12.2. The maximum atomic E-state index is 12.2. The monoisotopic (exact) mass is 244 g/mol. The molecule has 0 saturated heterocycles. The van der Waals surface area contributed by atoms with E-state index in [1.54, 1.807) is 0 Å². The molecule has 1 unspecified atom stereocenters. The topological polar surface area (TPSA) is 34.0 Å². The minimum Gasteiger partial charge on any atom is -0.317 e. The zero-order valence-corrected chi connectivity index (χ0v) is 11.0. The van der Waals surface area contributed by atoms with Gasteiger partial charge in [0.25, 0.3) is 5.56 Å². The molecule has 2 rings (SSSR count). The Kier molecular flexibility index (Phi) is 4.15. The van der Waals surface area contributed by atoms with Gasteiger partial charge in [0.2, 0.25) is 0 Å². The van der Waals surface area contributed by atoms with Gasteiger partial charge in [-0.2, -0.15) is 0 Å². The van der Waals surface area contributed by atoms with E-state index in [0.29, 0.717) is 6.04 Å². The number of pyridine rings is 1. The number of nitrogens with one attached hydrogen (secondary N) is 1. The summed E-state index contributed by atoms with van der Waals surface area (Å²) in [5.41, 5.74) is 0.116. The Labute approximate surface area is 107 Å². The molecule has 0 radical (unpaired) electrons. The lowest BCUT2D eigenvalue weighted by Gasteiger charge is -2.11. The molecular formula is C15H20N2O. The number of rotatable bonds is 5. The van der Waals surface area contributed by atoms with Crippen molar-refractivity contribution in [3.63, 3.8) is 0 Å². The molecule has 96 valence electrons. The minimum absolute atomic E-state index is 0.116. The van der Waals surface area contributed by atoms with Crippen LogP contribution in [0.4, 0.5) is 0 Å². The van der Waals surface area contributed by atoms with Crippen molar-refractivity contribution in [2.45, 2.75) is 32.4 Å². The minimum atomic E-state index is 0.116. The van der Waals surface area contributed by atoms with Crippen LogP contribution in [0.3, 0.4) is 0 Å². The van der Waals surface area contributed by atoms with Crippen LogP contribution in [-0.2, 0) is 6.54 Å². The largest absolute Gasteiger partial charge is 0.317 e. The third kappa shape index (κ3) is 2.79. The average Bonchev–Trinajstić information content (AvgIpc) is 2.41. The van der Waals surface area contributed by atoms with Gasteiger partial charge in [0.05, 0.1) is 0 Å². The molecule has 0 bridgehead atoms. The highest BCUT2D eigenvalue weighted by Gasteiger charge is 2.03. The van der Waals surface area contributed by atoms with Crippen LogP contribution >= 0.6 is 0 Å². The fourth-order valence-electron chi connectivity index (χ4n) is 2.12. The third-order valence-electron chi connectivity index (χ3n) is 3.42. The van der Waals surface area contributed by atoms with Gasteiger partial charge in [-0.15, -0.1) is 0 Å². The van der Waals surface area contributed by atoms with Crippen molar-refractivity contribution in [2.24, 2.45) is 0 Å². The van der Waals surface area contributed by atoms with E-state index >= 15 is 0 Å². The van der Waals surface area contributed by atoms with Gasteiger partial charge in [-0.3, -0.25) is 4.79 Å². The van der Waals surface area contributed by atoms with Crippen LogP contribution in [0, 0.1) is 0 Å². The molecule has 0 saturated carbocycles. The van der Waals surface area contributed by atoms with Crippen molar-refractivity contribution in [1.29, 1.82) is 0 Å². The number of nitrogens with zero attached hydrogens (tertiary/aromatic N) is 1. The van der Waals surface area contributed by atoms with Crippen LogP contribution in [0.25, 0.3) is 10.8 Å². The van der Waals surface area contributed by atoms with Crippen LogP contribution in [0.15, 0.2) is 41.3 Å². The van der Waals surface area contributed by atoms with Gasteiger partial charge in [-0.1, -0.05) is 18.2 Å². The summed E-state index contributed by atoms with van der Waals surface area (Å²) >= 11 is 0. The van der Waals surface area contributed by atoms with E-state index in [-0.39, 0.29) is 5.56 Å². The SMILES string of the molecule is CNC(C)CCCn1ccc2ccccc2c1=O. The van der Waals surface area contributed by atoms with Crippen LogP contribution in [0.5, 0.6) is 0 Å². The zero-order valence-electron chi connectivity index (χ0n) is 11.0. The molecule has 3 heteroatoms. The highest BCUT2D eigenvalue weighted by Crippen LogP contribution is 2.08. The van der Waals surface area contributed by atoms with Gasteiger partial charge in [-0.25, -0.2) is 0 Å². The average molecular weight is 244 g/mol. The van der Waals surface area contributed by atoms with E-state index in [1.807, 2.05) is 48.1 Å². The van der Waals surface area contributed by atoms with Crippen LogP contribution < -0.4 is 10.9 Å². The van der Waals surface area contributed by atoms with Gasteiger partial charge in [0.1, 0.15) is 0 Å². The Hall–Kier alpha value is -1.61. The Morgan fingerprint density at radius 1 is 1.28 bits per heavy atom. The second kappa shape index (κ2) is 5.83. The first-order chi connectivity index (χ1) is 8.72. The fraction of sp³-hybridized carbons (Fsp3) is 0.400. The van der Waals surface area contributed by atoms with Crippen molar-refractivity contribution in [1.82, 2.24) is 9.88 Å². The molecule has 0 amide bonds. The van der Waals surface area contributed by atoms with E-state index in [9.17, 15) is 4.79 Å². The lowest BCUT2D eigenvalue weighted by Crippen LogP contribution is -2.23. The van der Waals surface area contributed by atoms with Gasteiger partial charge < -0.3 is 9.88 Å². The fourth-order valence-corrected chi connectivity index (χ4v) is 2.12. The Balaban J connectivity index is 2.14. The molecule has 0 aliphatic carbocycles. The number of benzene rings is 1. The van der Waals surface area contributed by atoms with Crippen LogP contribution in [0.2, 0.25) is 0 Å². The highest BCUT2D eigenvalue weighted by atomic mass is 16.1. The molecule has 3 nitrogen and oxygen atoms in total. The quantitative estimate of drug-likeness (QED) is 0.876. The Morgan fingerprint density at radius 2 is 2.06 bits per heavy atom. The number of aryl methyl sites for hydroxylation is 1. The van der Waals surface area contributed by atoms with Crippen LogP contribution in [0.1, 0.15) is 19.8 Å². The maximum absolute atomic E-state index is 12.2. The first-order valence-electron chi connectivity index (χ1n) is 6.48. The maximum Gasteiger partial charge on any atom is 0.258 e. The molecule has 1 heterocycles. The van der Waals surface area contributed by atoms with Crippen molar-refractivity contribution >= 4 is 10.8 Å². The first kappa shape index (κ1) is 12.8. The zero-order chi connectivity index (χ0) is 13.0. The van der Waals surface area contributed by atoms with E-state index < -0.39 is 0 Å². The van der Waals surface area contributed by atoms with E-state index in [0.717, 1.165) is 30.2 Å². The number of hydrogen-bond acceptors (Lipinski definition) is 2. The molecule has 1 aromatic carbocycles. The summed E-state index contributed by atoms with van der Waals surface area (Å²) in [6.07, 6.45) is 3.99. The molecule has 18 heavy (non-hydrogen) atoms. The van der Waals surface area contributed by atoms with Crippen molar-refractivity contribution in [3.8, 4) is 0 Å². The normalized spacial score (nSPS) is 12.8. The third-order valence-corrected chi connectivity index (χ3v) is 3.42. The molecule has 0 fully saturated rings. The number of hydrogen-bond donors (Lipinski definition) is 1. The lowest BCUT2D eigenvalue weighted by molar-refractivity contribution is 0.503. The summed E-state index contributed by atoms with van der Waals surface area (Å²) in [7, 11) is 1.97. The predicted octanol–water partition coefficient (Wildman–Crippen LogP) is 2.39. The predicted molar refractivity (Wildman–Crippen MR) is 76.0 cm³/mol. The Morgan fingerprint density at radius 3 is 2.83 bits per heavy atom. The van der Waals surface area contributed by atoms with Crippen LogP contribution in [-0.4, -0.2) is 17.7 Å². The molecule has 1 N–H and O–H groups in total. The molecule has 1 aromatic heterocycles. The van der Waals surface area contributed by atoms with Crippen molar-refractivity contribution in [3.05, 3.63) is 46.9 Å². The molecule has 0 spiro atoms. The van der Waals surface area contributed by atoms with Gasteiger partial charge >= 0.3 is 0 Å².